The van der Waals surface area contributed by atoms with Crippen molar-refractivity contribution in [3.05, 3.63) is 28.8 Å². The molecule has 0 aromatic heterocycles. The minimum atomic E-state index is -3.02. The van der Waals surface area contributed by atoms with E-state index in [1.165, 1.54) is 0 Å². The normalized spacial score (nSPS) is 11.1. The zero-order valence-corrected chi connectivity index (χ0v) is 12.4. The van der Waals surface area contributed by atoms with Gasteiger partial charge in [0, 0.05) is 0 Å². The molecule has 0 atom stereocenters. The second-order valence-corrected chi connectivity index (χ2v) is 6.85. The maximum Gasteiger partial charge on any atom is 0.153 e. The van der Waals surface area contributed by atoms with Gasteiger partial charge in [0.05, 0.1) is 23.1 Å². The molecule has 104 valence electrons. The third-order valence-electron chi connectivity index (χ3n) is 2.75. The monoisotopic (exact) mass is 281 g/mol. The quantitative estimate of drug-likeness (QED) is 0.803. The molecule has 0 spiro atoms. The van der Waals surface area contributed by atoms with Crippen LogP contribution in [0.5, 0.6) is 5.75 Å². The maximum absolute atomic E-state index is 11.6. The Labute approximate surface area is 114 Å². The molecular formula is C14H19NO3S. The Morgan fingerprint density at radius 1 is 1.21 bits per heavy atom. The summed E-state index contributed by atoms with van der Waals surface area (Å²) in [6.45, 7) is 5.69. The van der Waals surface area contributed by atoms with E-state index in [0.717, 1.165) is 11.1 Å². The molecule has 0 aliphatic heterocycles. The molecule has 0 radical (unpaired) electrons. The van der Waals surface area contributed by atoms with Gasteiger partial charge in [0.2, 0.25) is 0 Å². The lowest BCUT2D eigenvalue weighted by Gasteiger charge is -2.12. The highest BCUT2D eigenvalue weighted by Crippen LogP contribution is 2.24. The van der Waals surface area contributed by atoms with Gasteiger partial charge in [0.25, 0.3) is 0 Å². The predicted octanol–water partition coefficient (Wildman–Crippen LogP) is 2.38. The third kappa shape index (κ3) is 4.56. The first kappa shape index (κ1) is 15.5. The molecule has 0 saturated heterocycles. The van der Waals surface area contributed by atoms with Crippen LogP contribution in [0.4, 0.5) is 0 Å². The molecule has 0 aliphatic rings. The second kappa shape index (κ2) is 6.58. The molecule has 0 bridgehead atoms. The van der Waals surface area contributed by atoms with Crippen LogP contribution in [0.2, 0.25) is 0 Å². The van der Waals surface area contributed by atoms with Crippen molar-refractivity contribution in [3.63, 3.8) is 0 Å². The van der Waals surface area contributed by atoms with E-state index in [1.807, 2.05) is 20.8 Å². The van der Waals surface area contributed by atoms with Crippen molar-refractivity contribution >= 4 is 9.84 Å². The SMILES string of the molecule is CCCS(=O)(=O)CCOc1c(C)cc(C#N)cc1C. The molecule has 0 aliphatic carbocycles. The van der Waals surface area contributed by atoms with Gasteiger partial charge in [-0.1, -0.05) is 6.92 Å². The molecule has 0 unspecified atom stereocenters. The Morgan fingerprint density at radius 3 is 2.26 bits per heavy atom. The summed E-state index contributed by atoms with van der Waals surface area (Å²) in [7, 11) is -3.02. The van der Waals surface area contributed by atoms with Gasteiger partial charge in [-0.15, -0.1) is 0 Å². The molecule has 0 heterocycles. The van der Waals surface area contributed by atoms with E-state index < -0.39 is 9.84 Å². The van der Waals surface area contributed by atoms with Crippen molar-refractivity contribution in [1.82, 2.24) is 0 Å². The van der Waals surface area contributed by atoms with Crippen LogP contribution in [-0.4, -0.2) is 26.5 Å². The summed E-state index contributed by atoms with van der Waals surface area (Å²) in [6.07, 6.45) is 0.622. The van der Waals surface area contributed by atoms with E-state index in [9.17, 15) is 8.42 Å². The van der Waals surface area contributed by atoms with E-state index in [1.54, 1.807) is 12.1 Å². The van der Waals surface area contributed by atoms with Crippen LogP contribution in [0.1, 0.15) is 30.0 Å². The van der Waals surface area contributed by atoms with Gasteiger partial charge in [0.15, 0.2) is 9.84 Å². The molecule has 4 nitrogen and oxygen atoms in total. The fraction of sp³-hybridized carbons (Fsp3) is 0.500. The maximum atomic E-state index is 11.6. The van der Waals surface area contributed by atoms with Crippen LogP contribution >= 0.6 is 0 Å². The average molecular weight is 281 g/mol. The summed E-state index contributed by atoms with van der Waals surface area (Å²) in [6, 6.07) is 5.56. The lowest BCUT2D eigenvalue weighted by molar-refractivity contribution is 0.336. The van der Waals surface area contributed by atoms with E-state index in [0.29, 0.717) is 17.7 Å². The first-order valence-corrected chi connectivity index (χ1v) is 8.06. The van der Waals surface area contributed by atoms with Crippen LogP contribution in [0.25, 0.3) is 0 Å². The highest BCUT2D eigenvalue weighted by molar-refractivity contribution is 7.91. The van der Waals surface area contributed by atoms with Crippen LogP contribution in [0, 0.1) is 25.2 Å². The molecule has 0 saturated carbocycles. The summed E-state index contributed by atoms with van der Waals surface area (Å²) in [5.41, 5.74) is 2.29. The zero-order valence-electron chi connectivity index (χ0n) is 11.6. The number of sulfone groups is 1. The highest BCUT2D eigenvalue weighted by Gasteiger charge is 2.11. The first-order valence-electron chi connectivity index (χ1n) is 6.24. The smallest absolute Gasteiger partial charge is 0.153 e. The molecule has 1 aromatic rings. The number of nitriles is 1. The fourth-order valence-corrected chi connectivity index (χ4v) is 3.09. The van der Waals surface area contributed by atoms with Gasteiger partial charge in [-0.2, -0.15) is 5.26 Å². The minimum Gasteiger partial charge on any atom is -0.492 e. The van der Waals surface area contributed by atoms with Crippen LogP contribution in [0.3, 0.4) is 0 Å². The van der Waals surface area contributed by atoms with E-state index in [4.69, 9.17) is 10.00 Å². The van der Waals surface area contributed by atoms with Gasteiger partial charge >= 0.3 is 0 Å². The Kier molecular flexibility index (Phi) is 5.37. The molecule has 1 rings (SSSR count). The van der Waals surface area contributed by atoms with Gasteiger partial charge in [-0.25, -0.2) is 8.42 Å². The van der Waals surface area contributed by atoms with E-state index in [-0.39, 0.29) is 18.1 Å². The topological polar surface area (TPSA) is 67.2 Å². The van der Waals surface area contributed by atoms with Crippen LogP contribution in [-0.2, 0) is 9.84 Å². The molecule has 1 aromatic carbocycles. The average Bonchev–Trinajstić information content (AvgIpc) is 2.32. The van der Waals surface area contributed by atoms with Crippen molar-refractivity contribution in [2.45, 2.75) is 27.2 Å². The van der Waals surface area contributed by atoms with Gasteiger partial charge in [-0.3, -0.25) is 0 Å². The van der Waals surface area contributed by atoms with Crippen molar-refractivity contribution in [2.75, 3.05) is 18.1 Å². The number of ether oxygens (including phenoxy) is 1. The van der Waals surface area contributed by atoms with Crippen molar-refractivity contribution < 1.29 is 13.2 Å². The Bertz CT molecular complexity index is 562. The van der Waals surface area contributed by atoms with Crippen molar-refractivity contribution in [1.29, 1.82) is 5.26 Å². The van der Waals surface area contributed by atoms with Crippen LogP contribution in [0.15, 0.2) is 12.1 Å². The molecule has 0 amide bonds. The largest absolute Gasteiger partial charge is 0.492 e. The number of aryl methyl sites for hydroxylation is 2. The number of benzene rings is 1. The number of rotatable bonds is 6. The third-order valence-corrected chi connectivity index (χ3v) is 4.56. The Hall–Kier alpha value is -1.54. The molecule has 5 heteroatoms. The summed E-state index contributed by atoms with van der Waals surface area (Å²) >= 11 is 0. The standard InChI is InChI=1S/C14H19NO3S/c1-4-6-19(16,17)7-5-18-14-11(2)8-13(10-15)9-12(14)3/h8-9H,4-7H2,1-3H3. The minimum absolute atomic E-state index is 0.0275. The number of hydrogen-bond acceptors (Lipinski definition) is 4. The van der Waals surface area contributed by atoms with E-state index in [2.05, 4.69) is 6.07 Å². The number of hydrogen-bond donors (Lipinski definition) is 0. The summed E-state index contributed by atoms with van der Waals surface area (Å²) in [5, 5.41) is 8.85. The molecule has 19 heavy (non-hydrogen) atoms. The summed E-state index contributed by atoms with van der Waals surface area (Å²) in [5.74, 6) is 0.896. The predicted molar refractivity (Wildman–Crippen MR) is 75.1 cm³/mol. The molecule has 0 fully saturated rings. The highest BCUT2D eigenvalue weighted by atomic mass is 32.2. The Morgan fingerprint density at radius 2 is 1.79 bits per heavy atom. The van der Waals surface area contributed by atoms with Crippen molar-refractivity contribution in [3.8, 4) is 11.8 Å². The molecular weight excluding hydrogens is 262 g/mol. The lowest BCUT2D eigenvalue weighted by atomic mass is 10.1. The molecule has 0 N–H and O–H groups in total. The zero-order chi connectivity index (χ0) is 14.5. The second-order valence-electron chi connectivity index (χ2n) is 4.55. The lowest BCUT2D eigenvalue weighted by Crippen LogP contribution is -2.17. The van der Waals surface area contributed by atoms with Crippen molar-refractivity contribution in [2.24, 2.45) is 0 Å². The Balaban J connectivity index is 2.72. The fourth-order valence-electron chi connectivity index (χ4n) is 1.93. The van der Waals surface area contributed by atoms with Gasteiger partial charge in [0.1, 0.15) is 12.4 Å². The van der Waals surface area contributed by atoms with Gasteiger partial charge < -0.3 is 4.74 Å². The van der Waals surface area contributed by atoms with Gasteiger partial charge in [-0.05, 0) is 43.5 Å². The first-order chi connectivity index (χ1) is 8.89. The number of nitrogens with zero attached hydrogens (tertiary/aromatic N) is 1. The van der Waals surface area contributed by atoms with E-state index >= 15 is 0 Å². The van der Waals surface area contributed by atoms with Crippen LogP contribution < -0.4 is 4.74 Å². The summed E-state index contributed by atoms with van der Waals surface area (Å²) < 4.78 is 28.7. The summed E-state index contributed by atoms with van der Waals surface area (Å²) in [4.78, 5) is 0.